The molecule has 3 aliphatic heterocycles. The van der Waals surface area contributed by atoms with Gasteiger partial charge in [-0.1, -0.05) is 0 Å². The molecule has 3 heterocycles. The molecular formula is C18H31O15. The lowest BCUT2D eigenvalue weighted by molar-refractivity contribution is -0.379. The van der Waals surface area contributed by atoms with Crippen LogP contribution in [0.2, 0.25) is 0 Å². The Bertz CT molecular complexity index is 665. The zero-order valence-electron chi connectivity index (χ0n) is 17.2. The maximum Gasteiger partial charge on any atom is 0.156 e. The van der Waals surface area contributed by atoms with Gasteiger partial charge in [0, 0.05) is 0 Å². The average molecular weight is 487 g/mol. The lowest BCUT2D eigenvalue weighted by Gasteiger charge is -2.60. The Kier molecular flexibility index (Phi) is 8.02. The van der Waals surface area contributed by atoms with Crippen LogP contribution in [-0.2, 0) is 14.2 Å². The molecule has 3 rings (SSSR count). The third-order valence-electron chi connectivity index (χ3n) is 6.70. The van der Waals surface area contributed by atoms with Crippen molar-refractivity contribution in [1.82, 2.24) is 0 Å². The maximum atomic E-state index is 11.7. The minimum absolute atomic E-state index is 0.453. The summed E-state index contributed by atoms with van der Waals surface area (Å²) in [6.45, 7) is -2.30. The second-order valence-electron chi connectivity index (χ2n) is 8.57. The van der Waals surface area contributed by atoms with Gasteiger partial charge in [0.05, 0.1) is 19.8 Å². The van der Waals surface area contributed by atoms with Crippen molar-refractivity contribution < 1.29 is 75.5 Å². The molecule has 0 saturated carbocycles. The fraction of sp³-hybridized carbons (Fsp3) is 0.944. The van der Waals surface area contributed by atoms with Crippen LogP contribution in [0.15, 0.2) is 0 Å². The Hall–Kier alpha value is -0.600. The topological polar surface area (TPSA) is 270 Å². The van der Waals surface area contributed by atoms with Crippen LogP contribution in [0.25, 0.3) is 0 Å². The molecule has 0 aromatic heterocycles. The molecule has 3 saturated heterocycles. The van der Waals surface area contributed by atoms with Gasteiger partial charge < -0.3 is 75.5 Å². The molecule has 1 radical (unpaired) electrons. The molecule has 12 N–H and O–H groups in total. The minimum Gasteiger partial charge on any atom is -0.394 e. The van der Waals surface area contributed by atoms with Gasteiger partial charge in [-0.3, -0.25) is 0 Å². The molecule has 14 atom stereocenters. The van der Waals surface area contributed by atoms with E-state index in [4.69, 9.17) is 14.2 Å². The van der Waals surface area contributed by atoms with Gasteiger partial charge in [-0.25, -0.2) is 0 Å². The lowest BCUT2D eigenvalue weighted by Crippen LogP contribution is -2.83. The molecule has 15 heteroatoms. The Morgan fingerprint density at radius 1 is 0.576 bits per heavy atom. The summed E-state index contributed by atoms with van der Waals surface area (Å²) in [6, 6.07) is 0. The van der Waals surface area contributed by atoms with Crippen molar-refractivity contribution in [1.29, 1.82) is 0 Å². The standard InChI is InChI=1S/C18H31O15/c19-1-5-8(22)10(24)12(26)15(32-5)17(29)4-31-7(3-21)14(28)18(17,30)16-13(27)11(25)9(23)6(2-20)33-16/h4-16,19-30H,1-3H2/t5-,6-,7-,8-,9-,10+,11+,12-,13-,14-,15?,16?,17-,18-/m1/s1. The molecule has 3 fully saturated rings. The summed E-state index contributed by atoms with van der Waals surface area (Å²) in [5, 5.41) is 124. The molecular weight excluding hydrogens is 456 g/mol. The number of hydrogen-bond donors (Lipinski definition) is 12. The van der Waals surface area contributed by atoms with E-state index in [1.54, 1.807) is 0 Å². The first-order valence-corrected chi connectivity index (χ1v) is 10.2. The molecule has 0 aromatic carbocycles. The highest BCUT2D eigenvalue weighted by Crippen LogP contribution is 2.48. The van der Waals surface area contributed by atoms with Gasteiger partial charge in [0.15, 0.2) is 11.2 Å². The van der Waals surface area contributed by atoms with Crippen molar-refractivity contribution >= 4 is 0 Å². The first kappa shape index (κ1) is 27.0. The molecule has 193 valence electrons. The molecule has 33 heavy (non-hydrogen) atoms. The Morgan fingerprint density at radius 2 is 1.00 bits per heavy atom. The second kappa shape index (κ2) is 9.81. The van der Waals surface area contributed by atoms with Gasteiger partial charge in [0.2, 0.25) is 0 Å². The van der Waals surface area contributed by atoms with Crippen LogP contribution >= 0.6 is 0 Å². The predicted octanol–water partition coefficient (Wildman–Crippen LogP) is -7.95. The van der Waals surface area contributed by atoms with Crippen LogP contribution in [0.5, 0.6) is 0 Å². The number of hydrogen-bond acceptors (Lipinski definition) is 15. The summed E-state index contributed by atoms with van der Waals surface area (Å²) in [7, 11) is 0. The van der Waals surface area contributed by atoms with E-state index in [2.05, 4.69) is 0 Å². The smallest absolute Gasteiger partial charge is 0.156 e. The van der Waals surface area contributed by atoms with Crippen LogP contribution in [0.3, 0.4) is 0 Å². The van der Waals surface area contributed by atoms with Gasteiger partial charge in [0.25, 0.3) is 0 Å². The van der Waals surface area contributed by atoms with Crippen molar-refractivity contribution in [2.75, 3.05) is 19.8 Å². The van der Waals surface area contributed by atoms with Crippen molar-refractivity contribution in [3.8, 4) is 0 Å². The van der Waals surface area contributed by atoms with E-state index in [-0.39, 0.29) is 0 Å². The fourth-order valence-corrected chi connectivity index (χ4v) is 4.65. The van der Waals surface area contributed by atoms with Crippen LogP contribution < -0.4 is 0 Å². The summed E-state index contributed by atoms with van der Waals surface area (Å²) in [6.07, 6.45) is -23.6. The summed E-state index contributed by atoms with van der Waals surface area (Å²) < 4.78 is 15.7. The molecule has 0 aromatic rings. The van der Waals surface area contributed by atoms with E-state index < -0.39 is 104 Å². The molecule has 3 aliphatic rings. The first-order valence-electron chi connectivity index (χ1n) is 10.2. The van der Waals surface area contributed by atoms with E-state index >= 15 is 0 Å². The minimum atomic E-state index is -3.19. The van der Waals surface area contributed by atoms with Crippen molar-refractivity contribution in [2.24, 2.45) is 0 Å². The van der Waals surface area contributed by atoms with E-state index in [9.17, 15) is 61.3 Å². The van der Waals surface area contributed by atoms with Crippen LogP contribution in [0.1, 0.15) is 0 Å². The largest absolute Gasteiger partial charge is 0.394 e. The van der Waals surface area contributed by atoms with Gasteiger partial charge in [0.1, 0.15) is 79.9 Å². The Balaban J connectivity index is 2.11. The van der Waals surface area contributed by atoms with E-state index in [0.717, 1.165) is 0 Å². The van der Waals surface area contributed by atoms with Crippen molar-refractivity contribution in [2.45, 2.75) is 84.4 Å². The van der Waals surface area contributed by atoms with Gasteiger partial charge >= 0.3 is 0 Å². The third kappa shape index (κ3) is 4.00. The normalized spacial score (nSPS) is 56.0. The Labute approximate surface area is 187 Å². The fourth-order valence-electron chi connectivity index (χ4n) is 4.65. The molecule has 0 spiro atoms. The number of aliphatic hydroxyl groups is 12. The average Bonchev–Trinajstić information content (AvgIpc) is 2.80. The lowest BCUT2D eigenvalue weighted by atomic mass is 9.64. The van der Waals surface area contributed by atoms with Crippen molar-refractivity contribution in [3.05, 3.63) is 6.61 Å². The van der Waals surface area contributed by atoms with Crippen molar-refractivity contribution in [3.63, 3.8) is 0 Å². The summed E-state index contributed by atoms with van der Waals surface area (Å²) in [5.41, 5.74) is -6.29. The first-order chi connectivity index (χ1) is 15.4. The number of rotatable bonds is 5. The molecule has 0 bridgehead atoms. The van der Waals surface area contributed by atoms with Crippen LogP contribution in [0, 0.1) is 6.61 Å². The zero-order chi connectivity index (χ0) is 24.9. The zero-order valence-corrected chi connectivity index (χ0v) is 17.2. The SMILES string of the molecule is OC[C@H]1OC([C@]2(O)[CH]O[C@H](CO)[C@@H](O)[C@@]2(O)C2O[C@H](CO)[C@@H](O)[C@H](O)[C@H]2O)[C@H](O)[C@@H](O)[C@@H]1O. The summed E-state index contributed by atoms with van der Waals surface area (Å²) in [5.74, 6) is 0. The highest BCUT2D eigenvalue weighted by molar-refractivity contribution is 5.24. The molecule has 0 amide bonds. The predicted molar refractivity (Wildman–Crippen MR) is 99.7 cm³/mol. The molecule has 15 nitrogen and oxygen atoms in total. The van der Waals surface area contributed by atoms with Crippen LogP contribution in [0.4, 0.5) is 0 Å². The van der Waals surface area contributed by atoms with Gasteiger partial charge in [-0.2, -0.15) is 0 Å². The maximum absolute atomic E-state index is 11.7. The summed E-state index contributed by atoms with van der Waals surface area (Å²) >= 11 is 0. The second-order valence-corrected chi connectivity index (χ2v) is 8.57. The number of ether oxygens (including phenoxy) is 3. The quantitative estimate of drug-likeness (QED) is 0.172. The third-order valence-corrected chi connectivity index (χ3v) is 6.70. The van der Waals surface area contributed by atoms with E-state index in [0.29, 0.717) is 6.61 Å². The highest BCUT2D eigenvalue weighted by atomic mass is 16.6. The van der Waals surface area contributed by atoms with Crippen LogP contribution in [-0.4, -0.2) is 166 Å². The van der Waals surface area contributed by atoms with Gasteiger partial charge in [-0.05, 0) is 0 Å². The van der Waals surface area contributed by atoms with E-state index in [1.165, 1.54) is 0 Å². The summed E-state index contributed by atoms with van der Waals surface area (Å²) in [4.78, 5) is 0. The molecule has 0 aliphatic carbocycles. The Morgan fingerprint density at radius 3 is 1.45 bits per heavy atom. The monoisotopic (exact) mass is 487 g/mol. The van der Waals surface area contributed by atoms with E-state index in [1.807, 2.05) is 0 Å². The number of aliphatic hydroxyl groups excluding tert-OH is 10. The van der Waals surface area contributed by atoms with Gasteiger partial charge in [-0.15, -0.1) is 0 Å². The molecule has 2 unspecified atom stereocenters. The highest BCUT2D eigenvalue weighted by Gasteiger charge is 2.73.